The number of rotatable bonds is 2. The Kier molecular flexibility index (Phi) is 2.53. The van der Waals surface area contributed by atoms with Gasteiger partial charge in [0, 0.05) is 18.5 Å². The first-order valence-corrected chi connectivity index (χ1v) is 7.81. The first kappa shape index (κ1) is 12.4. The van der Waals surface area contributed by atoms with Gasteiger partial charge in [0.05, 0.1) is 13.1 Å². The summed E-state index contributed by atoms with van der Waals surface area (Å²) < 4.78 is 1.56. The average Bonchev–Trinajstić information content (AvgIpc) is 3.13. The van der Waals surface area contributed by atoms with Crippen molar-refractivity contribution in [3.05, 3.63) is 22.1 Å². The quantitative estimate of drug-likeness (QED) is 0.774. The average molecular weight is 293 g/mol. The van der Waals surface area contributed by atoms with Crippen LogP contribution in [0.5, 0.6) is 0 Å². The van der Waals surface area contributed by atoms with Gasteiger partial charge in [-0.05, 0) is 18.8 Å². The topological polar surface area (TPSA) is 75.4 Å². The fourth-order valence-corrected chi connectivity index (χ4v) is 3.89. The molecule has 3 aliphatic rings. The molecule has 1 N–H and O–H groups in total. The fraction of sp³-hybridized carbons (Fsp3) is 0.615. The Morgan fingerprint density at radius 2 is 2.20 bits per heavy atom. The highest BCUT2D eigenvalue weighted by molar-refractivity contribution is 7.99. The molecule has 0 spiro atoms. The largest absolute Gasteiger partial charge is 0.386 e. The van der Waals surface area contributed by atoms with Crippen LogP contribution in [0.4, 0.5) is 0 Å². The molecular weight excluding hydrogens is 278 g/mol. The second kappa shape index (κ2) is 4.08. The third kappa shape index (κ3) is 1.73. The number of amides is 1. The van der Waals surface area contributed by atoms with Crippen LogP contribution < -0.4 is 5.56 Å². The summed E-state index contributed by atoms with van der Waals surface area (Å²) in [7, 11) is 0. The number of fused-ring (bicyclic) bond motifs is 1. The van der Waals surface area contributed by atoms with E-state index in [1.54, 1.807) is 9.47 Å². The molecular formula is C13H15N3O3S. The van der Waals surface area contributed by atoms with Crippen molar-refractivity contribution in [1.29, 1.82) is 0 Å². The molecule has 3 heterocycles. The number of carbonyl (C=O) groups is 1. The first-order valence-electron chi connectivity index (χ1n) is 6.83. The number of carbonyl (C=O) groups excluding carboxylic acids is 1. The van der Waals surface area contributed by atoms with Crippen LogP contribution in [0.1, 0.15) is 23.2 Å². The highest BCUT2D eigenvalue weighted by Gasteiger charge is 2.53. The number of aliphatic hydroxyl groups is 1. The maximum atomic E-state index is 12.3. The Hall–Kier alpha value is -1.34. The van der Waals surface area contributed by atoms with Crippen molar-refractivity contribution in [2.24, 2.45) is 5.92 Å². The number of hydrogen-bond acceptors (Lipinski definition) is 5. The van der Waals surface area contributed by atoms with E-state index in [2.05, 4.69) is 4.98 Å². The molecule has 20 heavy (non-hydrogen) atoms. The van der Waals surface area contributed by atoms with Gasteiger partial charge in [0.1, 0.15) is 11.2 Å². The number of likely N-dealkylation sites (tertiary alicyclic amines) is 1. The van der Waals surface area contributed by atoms with E-state index in [0.717, 1.165) is 18.6 Å². The molecule has 6 nitrogen and oxygen atoms in total. The lowest BCUT2D eigenvalue weighted by Gasteiger charge is -2.46. The molecule has 4 rings (SSSR count). The van der Waals surface area contributed by atoms with Gasteiger partial charge in [0.2, 0.25) is 0 Å². The van der Waals surface area contributed by atoms with E-state index in [-0.39, 0.29) is 17.0 Å². The predicted octanol–water partition coefficient (Wildman–Crippen LogP) is -0.0541. The van der Waals surface area contributed by atoms with Crippen LogP contribution in [-0.4, -0.2) is 49.9 Å². The Labute approximate surface area is 119 Å². The zero-order valence-electron chi connectivity index (χ0n) is 10.9. The van der Waals surface area contributed by atoms with Gasteiger partial charge in [-0.3, -0.25) is 14.2 Å². The van der Waals surface area contributed by atoms with E-state index in [1.165, 1.54) is 18.0 Å². The smallest absolute Gasteiger partial charge is 0.267 e. The van der Waals surface area contributed by atoms with E-state index < -0.39 is 5.60 Å². The minimum absolute atomic E-state index is 0.120. The molecule has 106 valence electrons. The van der Waals surface area contributed by atoms with Gasteiger partial charge in [-0.25, -0.2) is 4.98 Å². The van der Waals surface area contributed by atoms with Gasteiger partial charge in [-0.15, -0.1) is 0 Å². The molecule has 2 fully saturated rings. The molecule has 1 aromatic heterocycles. The normalized spacial score (nSPS) is 23.4. The maximum Gasteiger partial charge on any atom is 0.267 e. The Morgan fingerprint density at radius 3 is 2.90 bits per heavy atom. The maximum absolute atomic E-state index is 12.3. The fourth-order valence-electron chi connectivity index (χ4n) is 2.97. The number of nitrogens with zero attached hydrogens (tertiary/aromatic N) is 3. The molecule has 1 saturated heterocycles. The third-order valence-electron chi connectivity index (χ3n) is 4.34. The lowest BCUT2D eigenvalue weighted by molar-refractivity contribution is -0.0958. The lowest BCUT2D eigenvalue weighted by Crippen LogP contribution is -2.65. The Morgan fingerprint density at radius 1 is 1.45 bits per heavy atom. The molecule has 7 heteroatoms. The van der Waals surface area contributed by atoms with Crippen molar-refractivity contribution < 1.29 is 9.90 Å². The molecule has 0 aromatic carbocycles. The molecule has 1 amide bonds. The lowest BCUT2D eigenvalue weighted by atomic mass is 9.88. The van der Waals surface area contributed by atoms with Crippen LogP contribution in [-0.2, 0) is 6.54 Å². The summed E-state index contributed by atoms with van der Waals surface area (Å²) in [5.41, 5.74) is -0.854. The van der Waals surface area contributed by atoms with Crippen LogP contribution in [0.15, 0.2) is 16.1 Å². The van der Waals surface area contributed by atoms with Gasteiger partial charge < -0.3 is 10.0 Å². The van der Waals surface area contributed by atoms with E-state index in [0.29, 0.717) is 30.7 Å². The summed E-state index contributed by atoms with van der Waals surface area (Å²) in [6, 6.07) is 0. The van der Waals surface area contributed by atoms with E-state index >= 15 is 0 Å². The van der Waals surface area contributed by atoms with E-state index in [4.69, 9.17) is 0 Å². The highest BCUT2D eigenvalue weighted by atomic mass is 32.2. The molecule has 1 aliphatic carbocycles. The molecule has 0 bridgehead atoms. The number of aromatic nitrogens is 2. The first-order chi connectivity index (χ1) is 9.58. The van der Waals surface area contributed by atoms with Crippen LogP contribution in [0.2, 0.25) is 0 Å². The van der Waals surface area contributed by atoms with Crippen LogP contribution in [0.3, 0.4) is 0 Å². The predicted molar refractivity (Wildman–Crippen MR) is 72.8 cm³/mol. The van der Waals surface area contributed by atoms with Crippen molar-refractivity contribution in [2.75, 3.05) is 18.8 Å². The Balaban J connectivity index is 1.57. The summed E-state index contributed by atoms with van der Waals surface area (Å²) in [6.07, 6.45) is 3.46. The van der Waals surface area contributed by atoms with Crippen molar-refractivity contribution in [3.63, 3.8) is 0 Å². The summed E-state index contributed by atoms with van der Waals surface area (Å²) in [6.45, 7) is 1.29. The molecule has 0 unspecified atom stereocenters. The van der Waals surface area contributed by atoms with Crippen molar-refractivity contribution in [3.8, 4) is 0 Å². The SMILES string of the molecule is O=C(c1cnc2n(c1=O)CCS2)N1CC(O)(C2CC2)C1. The number of hydrogen-bond donors (Lipinski definition) is 1. The zero-order chi connectivity index (χ0) is 13.9. The zero-order valence-corrected chi connectivity index (χ0v) is 11.7. The third-order valence-corrected chi connectivity index (χ3v) is 5.31. The second-order valence-corrected chi connectivity index (χ2v) is 6.86. The second-order valence-electron chi connectivity index (χ2n) is 5.80. The standard InChI is InChI=1S/C13H15N3O3S/c17-10(15-6-13(19,7-15)8-1-2-8)9-5-14-12-16(11(9)18)3-4-20-12/h5,8,19H,1-4,6-7H2. The van der Waals surface area contributed by atoms with Crippen molar-refractivity contribution in [2.45, 2.75) is 30.1 Å². The highest BCUT2D eigenvalue weighted by Crippen LogP contribution is 2.44. The minimum Gasteiger partial charge on any atom is -0.386 e. The molecule has 0 radical (unpaired) electrons. The van der Waals surface area contributed by atoms with Gasteiger partial charge in [-0.1, -0.05) is 11.8 Å². The van der Waals surface area contributed by atoms with Gasteiger partial charge >= 0.3 is 0 Å². The van der Waals surface area contributed by atoms with Crippen LogP contribution in [0, 0.1) is 5.92 Å². The van der Waals surface area contributed by atoms with Crippen LogP contribution in [0.25, 0.3) is 0 Å². The minimum atomic E-state index is -0.716. The molecule has 2 aliphatic heterocycles. The summed E-state index contributed by atoms with van der Waals surface area (Å²) in [4.78, 5) is 30.3. The number of thioether (sulfide) groups is 1. The van der Waals surface area contributed by atoms with Crippen molar-refractivity contribution in [1.82, 2.24) is 14.5 Å². The molecule has 1 aromatic rings. The summed E-state index contributed by atoms with van der Waals surface area (Å²) in [5, 5.41) is 10.9. The monoisotopic (exact) mass is 293 g/mol. The van der Waals surface area contributed by atoms with E-state index in [1.807, 2.05) is 0 Å². The molecule has 1 saturated carbocycles. The summed E-state index contributed by atoms with van der Waals surface area (Å²) in [5.74, 6) is 0.854. The van der Waals surface area contributed by atoms with E-state index in [9.17, 15) is 14.7 Å². The number of β-amino-alcohol motifs (C(OH)–C–C–N with tert-alkyl or cyclic N) is 1. The van der Waals surface area contributed by atoms with Crippen molar-refractivity contribution >= 4 is 17.7 Å². The van der Waals surface area contributed by atoms with Crippen LogP contribution >= 0.6 is 11.8 Å². The molecule has 0 atom stereocenters. The Bertz CT molecular complexity index is 647. The van der Waals surface area contributed by atoms with Gasteiger partial charge in [0.25, 0.3) is 11.5 Å². The summed E-state index contributed by atoms with van der Waals surface area (Å²) >= 11 is 1.53. The van der Waals surface area contributed by atoms with Gasteiger partial charge in [-0.2, -0.15) is 0 Å². The van der Waals surface area contributed by atoms with Gasteiger partial charge in [0.15, 0.2) is 5.16 Å².